The summed E-state index contributed by atoms with van der Waals surface area (Å²) < 4.78 is 39.4. The summed E-state index contributed by atoms with van der Waals surface area (Å²) in [6.45, 7) is 3.27. The van der Waals surface area contributed by atoms with Crippen LogP contribution in [0.5, 0.6) is 0 Å². The molecule has 0 aliphatic rings. The Morgan fingerprint density at radius 2 is 2.08 bits per heavy atom. The summed E-state index contributed by atoms with van der Waals surface area (Å²) >= 11 is 0. The summed E-state index contributed by atoms with van der Waals surface area (Å²) in [4.78, 5) is 26.3. The molecule has 0 spiro atoms. The van der Waals surface area contributed by atoms with Crippen LogP contribution in [0, 0.1) is 0 Å². The molecule has 0 saturated heterocycles. The molecule has 0 unspecified atom stereocenters. The molecule has 0 bridgehead atoms. The summed E-state index contributed by atoms with van der Waals surface area (Å²) in [5.41, 5.74) is -1.52. The summed E-state index contributed by atoms with van der Waals surface area (Å²) in [7, 11) is 1.11. The zero-order chi connectivity index (χ0) is 18.1. The number of halogens is 3. The number of carbonyl (C=O) groups excluding carboxylic acids is 1. The van der Waals surface area contributed by atoms with Crippen molar-refractivity contribution in [2.75, 3.05) is 0 Å². The third-order valence-corrected chi connectivity index (χ3v) is 3.42. The number of aromatic nitrogens is 4. The van der Waals surface area contributed by atoms with Gasteiger partial charge in [-0.25, -0.2) is 4.68 Å². The zero-order valence-electron chi connectivity index (χ0n) is 13.2. The fourth-order valence-electron chi connectivity index (χ4n) is 2.13. The number of aryl methyl sites for hydroxylation is 1. The van der Waals surface area contributed by atoms with Gasteiger partial charge in [0.1, 0.15) is 11.3 Å². The molecule has 10 heteroatoms. The fourth-order valence-corrected chi connectivity index (χ4v) is 2.13. The minimum Gasteiger partial charge on any atom is -0.346 e. The van der Waals surface area contributed by atoms with E-state index in [1.165, 1.54) is 12.3 Å². The maximum absolute atomic E-state index is 12.9. The Morgan fingerprint density at radius 1 is 1.42 bits per heavy atom. The van der Waals surface area contributed by atoms with Gasteiger partial charge in [-0.2, -0.15) is 13.2 Å². The second kappa shape index (κ2) is 6.46. The molecule has 0 atom stereocenters. The molecule has 1 amide bonds. The summed E-state index contributed by atoms with van der Waals surface area (Å²) in [5, 5.41) is 9.00. The number of nitrogens with one attached hydrogen (secondary N) is 2. The molecule has 2 heterocycles. The average molecular weight is 343 g/mol. The standard InChI is InChI=1S/C14H16F3N5O2/c1-7(2)8-4-9(12(23)18-5-8)13(24)19-6-10-11(14(15,16)17)22(3)21-20-10/h4-5,7H,6H2,1-3H3,(H,18,23)(H,19,24). The van der Waals surface area contributed by atoms with Crippen LogP contribution < -0.4 is 10.9 Å². The molecular weight excluding hydrogens is 327 g/mol. The van der Waals surface area contributed by atoms with Gasteiger partial charge in [0.05, 0.1) is 6.54 Å². The van der Waals surface area contributed by atoms with Crippen molar-refractivity contribution in [1.82, 2.24) is 25.3 Å². The fraction of sp³-hybridized carbons (Fsp3) is 0.429. The lowest BCUT2D eigenvalue weighted by molar-refractivity contribution is -0.144. The van der Waals surface area contributed by atoms with Gasteiger partial charge in [0.15, 0.2) is 5.69 Å². The zero-order valence-corrected chi connectivity index (χ0v) is 13.2. The van der Waals surface area contributed by atoms with E-state index in [1.807, 2.05) is 13.8 Å². The Bertz CT molecular complexity index is 807. The first-order chi connectivity index (χ1) is 11.1. The van der Waals surface area contributed by atoms with Crippen LogP contribution in [-0.2, 0) is 19.8 Å². The normalized spacial score (nSPS) is 11.8. The van der Waals surface area contributed by atoms with Crippen LogP contribution in [0.2, 0.25) is 0 Å². The predicted molar refractivity (Wildman–Crippen MR) is 78.3 cm³/mol. The van der Waals surface area contributed by atoms with Gasteiger partial charge < -0.3 is 10.3 Å². The van der Waals surface area contributed by atoms with Crippen LogP contribution in [0.25, 0.3) is 0 Å². The first-order valence-electron chi connectivity index (χ1n) is 7.07. The van der Waals surface area contributed by atoms with E-state index in [9.17, 15) is 22.8 Å². The maximum atomic E-state index is 12.9. The van der Waals surface area contributed by atoms with Gasteiger partial charge in [-0.15, -0.1) is 5.10 Å². The molecule has 2 aromatic heterocycles. The number of pyridine rings is 1. The van der Waals surface area contributed by atoms with Crippen LogP contribution in [0.4, 0.5) is 13.2 Å². The molecule has 2 N–H and O–H groups in total. The smallest absolute Gasteiger partial charge is 0.346 e. The quantitative estimate of drug-likeness (QED) is 0.881. The van der Waals surface area contributed by atoms with Crippen LogP contribution in [-0.4, -0.2) is 25.9 Å². The van der Waals surface area contributed by atoms with Gasteiger partial charge in [0, 0.05) is 13.2 Å². The number of H-pyrrole nitrogens is 1. The van der Waals surface area contributed by atoms with Crippen molar-refractivity contribution in [2.45, 2.75) is 32.5 Å². The average Bonchev–Trinajstić information content (AvgIpc) is 2.86. The highest BCUT2D eigenvalue weighted by atomic mass is 19.4. The lowest BCUT2D eigenvalue weighted by Crippen LogP contribution is -2.30. The molecule has 0 radical (unpaired) electrons. The number of alkyl halides is 3. The molecule has 0 aromatic carbocycles. The summed E-state index contributed by atoms with van der Waals surface area (Å²) in [6, 6.07) is 1.42. The second-order valence-corrected chi connectivity index (χ2v) is 5.52. The third kappa shape index (κ3) is 3.63. The van der Waals surface area contributed by atoms with E-state index in [0.717, 1.165) is 12.6 Å². The molecule has 0 saturated carbocycles. The van der Waals surface area contributed by atoms with Crippen molar-refractivity contribution in [3.63, 3.8) is 0 Å². The van der Waals surface area contributed by atoms with Crippen LogP contribution in [0.15, 0.2) is 17.1 Å². The monoisotopic (exact) mass is 343 g/mol. The van der Waals surface area contributed by atoms with E-state index in [1.54, 1.807) is 0 Å². The number of rotatable bonds is 4. The lowest BCUT2D eigenvalue weighted by atomic mass is 10.0. The molecular formula is C14H16F3N5O2. The van der Waals surface area contributed by atoms with Gasteiger partial charge in [-0.05, 0) is 17.5 Å². The van der Waals surface area contributed by atoms with Crippen molar-refractivity contribution in [3.05, 3.63) is 45.1 Å². The number of carbonyl (C=O) groups is 1. The largest absolute Gasteiger partial charge is 0.434 e. The van der Waals surface area contributed by atoms with Crippen molar-refractivity contribution < 1.29 is 18.0 Å². The van der Waals surface area contributed by atoms with E-state index in [2.05, 4.69) is 20.6 Å². The molecule has 130 valence electrons. The van der Waals surface area contributed by atoms with Gasteiger partial charge in [-0.3, -0.25) is 9.59 Å². The molecule has 24 heavy (non-hydrogen) atoms. The molecule has 2 aromatic rings. The Hall–Kier alpha value is -2.65. The Kier molecular flexibility index (Phi) is 4.76. The second-order valence-electron chi connectivity index (χ2n) is 5.52. The molecule has 2 rings (SSSR count). The highest BCUT2D eigenvalue weighted by Gasteiger charge is 2.38. The Morgan fingerprint density at radius 3 is 2.67 bits per heavy atom. The van der Waals surface area contributed by atoms with Crippen molar-refractivity contribution >= 4 is 5.91 Å². The first-order valence-corrected chi connectivity index (χ1v) is 7.07. The number of nitrogens with zero attached hydrogens (tertiary/aromatic N) is 3. The minimum atomic E-state index is -4.65. The van der Waals surface area contributed by atoms with Gasteiger partial charge in [0.25, 0.3) is 11.5 Å². The summed E-state index contributed by atoms with van der Waals surface area (Å²) in [5.74, 6) is -0.706. The number of hydrogen-bond acceptors (Lipinski definition) is 4. The van der Waals surface area contributed by atoms with Crippen molar-refractivity contribution in [1.29, 1.82) is 0 Å². The number of amides is 1. The highest BCUT2D eigenvalue weighted by Crippen LogP contribution is 2.30. The van der Waals surface area contributed by atoms with Gasteiger partial charge in [0.2, 0.25) is 0 Å². The topological polar surface area (TPSA) is 92.7 Å². The van der Waals surface area contributed by atoms with Crippen molar-refractivity contribution in [2.24, 2.45) is 7.05 Å². The van der Waals surface area contributed by atoms with E-state index >= 15 is 0 Å². The first kappa shape index (κ1) is 17.7. The van der Waals surface area contributed by atoms with Gasteiger partial charge >= 0.3 is 6.18 Å². The summed E-state index contributed by atoms with van der Waals surface area (Å²) in [6.07, 6.45) is -3.15. The lowest BCUT2D eigenvalue weighted by Gasteiger charge is -2.10. The highest BCUT2D eigenvalue weighted by molar-refractivity contribution is 5.93. The predicted octanol–water partition coefficient (Wildman–Crippen LogP) is 1.58. The minimum absolute atomic E-state index is 0.0743. The van der Waals surface area contributed by atoms with Crippen molar-refractivity contribution in [3.8, 4) is 0 Å². The van der Waals surface area contributed by atoms with Crippen LogP contribution in [0.3, 0.4) is 0 Å². The molecule has 0 aliphatic carbocycles. The number of aromatic amines is 1. The van der Waals surface area contributed by atoms with E-state index in [4.69, 9.17) is 0 Å². The molecule has 7 nitrogen and oxygen atoms in total. The third-order valence-electron chi connectivity index (χ3n) is 3.42. The van der Waals surface area contributed by atoms with Crippen LogP contribution >= 0.6 is 0 Å². The van der Waals surface area contributed by atoms with Crippen LogP contribution in [0.1, 0.15) is 47.1 Å². The molecule has 0 aliphatic heterocycles. The van der Waals surface area contributed by atoms with E-state index < -0.39 is 35.6 Å². The van der Waals surface area contributed by atoms with Gasteiger partial charge in [-0.1, -0.05) is 19.1 Å². The van der Waals surface area contributed by atoms with E-state index in [-0.39, 0.29) is 11.5 Å². The SMILES string of the molecule is CC(C)c1c[nH]c(=O)c(C(=O)NCc2nnn(C)c2C(F)(F)F)c1. The molecule has 0 fully saturated rings. The van der Waals surface area contributed by atoms with E-state index in [0.29, 0.717) is 4.68 Å². The Balaban J connectivity index is 2.21. The Labute approximate surface area is 134 Å². The number of hydrogen-bond donors (Lipinski definition) is 2. The maximum Gasteiger partial charge on any atom is 0.434 e.